The van der Waals surface area contributed by atoms with Gasteiger partial charge in [-0.25, -0.2) is 0 Å². The molecule has 112 valence electrons. The highest BCUT2D eigenvalue weighted by molar-refractivity contribution is 6.04. The van der Waals surface area contributed by atoms with Gasteiger partial charge in [0.05, 0.1) is 5.71 Å². The Kier molecular flexibility index (Phi) is 4.20. The summed E-state index contributed by atoms with van der Waals surface area (Å²) < 4.78 is 0. The maximum atomic E-state index is 12.2. The lowest BCUT2D eigenvalue weighted by molar-refractivity contribution is -0.132. The van der Waals surface area contributed by atoms with E-state index in [9.17, 15) is 9.90 Å². The Hall–Kier alpha value is -1.88. The zero-order valence-electron chi connectivity index (χ0n) is 11.9. The van der Waals surface area contributed by atoms with Crippen LogP contribution in [0.2, 0.25) is 0 Å². The third-order valence-electron chi connectivity index (χ3n) is 4.29. The van der Waals surface area contributed by atoms with E-state index in [4.69, 9.17) is 4.84 Å². The molecule has 1 fully saturated rings. The number of nitrogens with one attached hydrogen (secondary N) is 1. The minimum Gasteiger partial charge on any atom is -0.396 e. The number of amides is 1. The molecule has 5 nitrogen and oxygen atoms in total. The number of nitrogens with zero attached hydrogens (tertiary/aromatic N) is 1. The van der Waals surface area contributed by atoms with Crippen LogP contribution in [0.1, 0.15) is 31.2 Å². The average Bonchev–Trinajstić information content (AvgIpc) is 3.17. The van der Waals surface area contributed by atoms with Crippen molar-refractivity contribution in [3.8, 4) is 0 Å². The van der Waals surface area contributed by atoms with Gasteiger partial charge in [-0.05, 0) is 18.4 Å². The highest BCUT2D eigenvalue weighted by Crippen LogP contribution is 2.26. The second kappa shape index (κ2) is 6.26. The predicted octanol–water partition coefficient (Wildman–Crippen LogP) is 1.46. The van der Waals surface area contributed by atoms with E-state index < -0.39 is 6.10 Å². The van der Waals surface area contributed by atoms with Crippen molar-refractivity contribution in [1.82, 2.24) is 5.32 Å². The molecule has 3 atom stereocenters. The number of hydrogen-bond acceptors (Lipinski definition) is 4. The van der Waals surface area contributed by atoms with Gasteiger partial charge in [-0.1, -0.05) is 41.9 Å². The van der Waals surface area contributed by atoms with E-state index in [0.29, 0.717) is 6.42 Å². The molecule has 5 heteroatoms. The van der Waals surface area contributed by atoms with E-state index in [1.165, 1.54) is 0 Å². The standard InChI is InChI=1S/C16H20N2O3/c19-10-12-7-4-8-13(12)17-16(20)15-9-14(18-21-15)11-5-2-1-3-6-11/h1-3,5-6,12-13,15,19H,4,7-10H2,(H,17,20). The van der Waals surface area contributed by atoms with Crippen LogP contribution in [0.15, 0.2) is 35.5 Å². The third kappa shape index (κ3) is 3.08. The largest absolute Gasteiger partial charge is 0.396 e. The molecule has 1 aliphatic carbocycles. The molecule has 0 radical (unpaired) electrons. The van der Waals surface area contributed by atoms with Crippen LogP contribution in [-0.2, 0) is 9.63 Å². The van der Waals surface area contributed by atoms with Crippen LogP contribution in [0.3, 0.4) is 0 Å². The monoisotopic (exact) mass is 288 g/mol. The molecule has 1 amide bonds. The highest BCUT2D eigenvalue weighted by Gasteiger charge is 2.33. The van der Waals surface area contributed by atoms with E-state index >= 15 is 0 Å². The summed E-state index contributed by atoms with van der Waals surface area (Å²) in [5.74, 6) is 0.0416. The number of benzene rings is 1. The molecule has 3 unspecified atom stereocenters. The van der Waals surface area contributed by atoms with Crippen molar-refractivity contribution < 1.29 is 14.7 Å². The van der Waals surface area contributed by atoms with Gasteiger partial charge in [0.15, 0.2) is 0 Å². The minimum atomic E-state index is -0.555. The normalized spacial score (nSPS) is 28.0. The molecule has 0 saturated heterocycles. The Morgan fingerprint density at radius 1 is 1.33 bits per heavy atom. The SMILES string of the molecule is O=C(NC1CCCC1CO)C1CC(c2ccccc2)=NO1. The van der Waals surface area contributed by atoms with E-state index in [1.54, 1.807) is 0 Å². The first-order chi connectivity index (χ1) is 10.3. The Morgan fingerprint density at radius 3 is 2.90 bits per heavy atom. The first-order valence-corrected chi connectivity index (χ1v) is 7.47. The fourth-order valence-corrected chi connectivity index (χ4v) is 3.04. The van der Waals surface area contributed by atoms with E-state index in [2.05, 4.69) is 10.5 Å². The van der Waals surface area contributed by atoms with Crippen LogP contribution in [-0.4, -0.2) is 35.5 Å². The molecule has 2 aliphatic rings. The van der Waals surface area contributed by atoms with Crippen LogP contribution < -0.4 is 5.32 Å². The topological polar surface area (TPSA) is 70.9 Å². The Labute approximate surface area is 124 Å². The summed E-state index contributed by atoms with van der Waals surface area (Å²) in [7, 11) is 0. The van der Waals surface area contributed by atoms with Crippen LogP contribution in [0.4, 0.5) is 0 Å². The summed E-state index contributed by atoms with van der Waals surface area (Å²) in [6.45, 7) is 0.127. The maximum Gasteiger partial charge on any atom is 0.264 e. The lowest BCUT2D eigenvalue weighted by Crippen LogP contribution is -2.43. The number of rotatable bonds is 4. The van der Waals surface area contributed by atoms with Crippen molar-refractivity contribution >= 4 is 11.6 Å². The van der Waals surface area contributed by atoms with E-state index in [0.717, 1.165) is 30.5 Å². The molecule has 0 bridgehead atoms. The van der Waals surface area contributed by atoms with Crippen molar-refractivity contribution in [2.75, 3.05) is 6.61 Å². The van der Waals surface area contributed by atoms with Gasteiger partial charge in [0.1, 0.15) is 0 Å². The Morgan fingerprint density at radius 2 is 2.14 bits per heavy atom. The van der Waals surface area contributed by atoms with Crippen molar-refractivity contribution in [3.05, 3.63) is 35.9 Å². The van der Waals surface area contributed by atoms with Gasteiger partial charge < -0.3 is 15.3 Å². The van der Waals surface area contributed by atoms with Crippen molar-refractivity contribution in [2.24, 2.45) is 11.1 Å². The van der Waals surface area contributed by atoms with Gasteiger partial charge in [-0.3, -0.25) is 4.79 Å². The number of aliphatic hydroxyl groups excluding tert-OH is 1. The van der Waals surface area contributed by atoms with Gasteiger partial charge in [-0.2, -0.15) is 0 Å². The summed E-state index contributed by atoms with van der Waals surface area (Å²) >= 11 is 0. The zero-order valence-corrected chi connectivity index (χ0v) is 11.9. The van der Waals surface area contributed by atoms with Crippen molar-refractivity contribution in [2.45, 2.75) is 37.8 Å². The lowest BCUT2D eigenvalue weighted by Gasteiger charge is -2.20. The number of carbonyl (C=O) groups excluding carboxylic acids is 1. The Balaban J connectivity index is 1.56. The van der Waals surface area contributed by atoms with Gasteiger partial charge in [-0.15, -0.1) is 0 Å². The Bertz CT molecular complexity index is 530. The van der Waals surface area contributed by atoms with Gasteiger partial charge in [0.2, 0.25) is 6.10 Å². The molecule has 3 rings (SSSR count). The summed E-state index contributed by atoms with van der Waals surface area (Å²) in [5.41, 5.74) is 1.79. The summed E-state index contributed by atoms with van der Waals surface area (Å²) in [4.78, 5) is 17.5. The molecular weight excluding hydrogens is 268 g/mol. The van der Waals surface area contributed by atoms with Gasteiger partial charge in [0.25, 0.3) is 5.91 Å². The molecule has 1 aliphatic heterocycles. The molecule has 1 aromatic rings. The fourth-order valence-electron chi connectivity index (χ4n) is 3.04. The quantitative estimate of drug-likeness (QED) is 0.881. The molecule has 0 aromatic heterocycles. The second-order valence-electron chi connectivity index (χ2n) is 5.69. The predicted molar refractivity (Wildman–Crippen MR) is 78.8 cm³/mol. The molecule has 0 spiro atoms. The van der Waals surface area contributed by atoms with Crippen LogP contribution in [0.25, 0.3) is 0 Å². The van der Waals surface area contributed by atoms with E-state index in [-0.39, 0.29) is 24.5 Å². The molecule has 2 N–H and O–H groups in total. The van der Waals surface area contributed by atoms with Gasteiger partial charge >= 0.3 is 0 Å². The smallest absolute Gasteiger partial charge is 0.264 e. The molecule has 21 heavy (non-hydrogen) atoms. The van der Waals surface area contributed by atoms with E-state index in [1.807, 2.05) is 30.3 Å². The highest BCUT2D eigenvalue weighted by atomic mass is 16.6. The number of oxime groups is 1. The first-order valence-electron chi connectivity index (χ1n) is 7.47. The summed E-state index contributed by atoms with van der Waals surface area (Å²) in [6, 6.07) is 9.80. The zero-order chi connectivity index (χ0) is 14.7. The first kappa shape index (κ1) is 14.1. The van der Waals surface area contributed by atoms with Crippen molar-refractivity contribution in [1.29, 1.82) is 0 Å². The summed E-state index contributed by atoms with van der Waals surface area (Å²) in [6.07, 6.45) is 2.88. The summed E-state index contributed by atoms with van der Waals surface area (Å²) in [5, 5.41) is 16.3. The van der Waals surface area contributed by atoms with Crippen molar-refractivity contribution in [3.63, 3.8) is 0 Å². The maximum absolute atomic E-state index is 12.2. The third-order valence-corrected chi connectivity index (χ3v) is 4.29. The average molecular weight is 288 g/mol. The second-order valence-corrected chi connectivity index (χ2v) is 5.69. The number of carbonyl (C=O) groups is 1. The molecule has 1 heterocycles. The van der Waals surface area contributed by atoms with Crippen LogP contribution in [0, 0.1) is 5.92 Å². The van der Waals surface area contributed by atoms with Crippen LogP contribution >= 0.6 is 0 Å². The molecular formula is C16H20N2O3. The molecule has 1 aromatic carbocycles. The number of aliphatic hydroxyl groups is 1. The van der Waals surface area contributed by atoms with Crippen LogP contribution in [0.5, 0.6) is 0 Å². The fraction of sp³-hybridized carbons (Fsp3) is 0.500. The van der Waals surface area contributed by atoms with Gasteiger partial charge in [0, 0.05) is 25.0 Å². The molecule has 1 saturated carbocycles. The minimum absolute atomic E-state index is 0.0619. The lowest BCUT2D eigenvalue weighted by atomic mass is 10.0. The number of hydrogen-bond donors (Lipinski definition) is 2.